The Morgan fingerprint density at radius 3 is 2.21 bits per heavy atom. The molecule has 3 rings (SSSR count). The lowest BCUT2D eigenvalue weighted by atomic mass is 10.0. The summed E-state index contributed by atoms with van der Waals surface area (Å²) in [5, 5.41) is 2.04. The molecule has 0 aliphatic carbocycles. The molecule has 2 aromatic carbocycles. The number of nitrogens with two attached hydrogens (primary N) is 1. The minimum absolute atomic E-state index is 0.113. The van der Waals surface area contributed by atoms with E-state index in [2.05, 4.69) is 4.98 Å². The molecule has 0 unspecified atom stereocenters. The molecule has 34 heavy (non-hydrogen) atoms. The molecule has 3 N–H and O–H groups in total. The van der Waals surface area contributed by atoms with Crippen molar-refractivity contribution < 1.29 is 19.1 Å². The molecule has 0 spiro atoms. The first kappa shape index (κ1) is 24.2. The van der Waals surface area contributed by atoms with Crippen LogP contribution in [0.3, 0.4) is 0 Å². The van der Waals surface area contributed by atoms with Crippen molar-refractivity contribution in [2.75, 3.05) is 14.1 Å². The number of imide groups is 1. The van der Waals surface area contributed by atoms with Gasteiger partial charge in [0.25, 0.3) is 5.91 Å². The lowest BCUT2D eigenvalue weighted by Gasteiger charge is -2.15. The van der Waals surface area contributed by atoms with Gasteiger partial charge in [0.2, 0.25) is 5.91 Å². The number of ether oxygens (including phenoxy) is 1. The third-order valence-corrected chi connectivity index (χ3v) is 4.86. The molecule has 1 heterocycles. The SMILES string of the molecule is CN(C)C(=O)/C(=C/c1cccnc1)c1ccc(Oc2ccc(CCC(=O)NC(N)=O)cc2)cc1. The summed E-state index contributed by atoms with van der Waals surface area (Å²) in [6, 6.07) is 17.5. The Morgan fingerprint density at radius 2 is 1.65 bits per heavy atom. The maximum absolute atomic E-state index is 12.8. The minimum Gasteiger partial charge on any atom is -0.457 e. The Kier molecular flexibility index (Phi) is 8.12. The average molecular weight is 459 g/mol. The van der Waals surface area contributed by atoms with Gasteiger partial charge in [-0.2, -0.15) is 0 Å². The molecule has 0 aliphatic heterocycles. The van der Waals surface area contributed by atoms with Crippen LogP contribution in [-0.4, -0.2) is 41.8 Å². The number of aromatic nitrogens is 1. The number of likely N-dealkylation sites (N-methyl/N-ethyl adjacent to an activating group) is 1. The molecule has 8 nitrogen and oxygen atoms in total. The van der Waals surface area contributed by atoms with Crippen molar-refractivity contribution in [3.8, 4) is 11.5 Å². The largest absolute Gasteiger partial charge is 0.457 e. The van der Waals surface area contributed by atoms with Gasteiger partial charge in [-0.05, 0) is 59.5 Å². The van der Waals surface area contributed by atoms with E-state index in [9.17, 15) is 14.4 Å². The number of benzene rings is 2. The number of pyridine rings is 1. The fourth-order valence-electron chi connectivity index (χ4n) is 3.16. The van der Waals surface area contributed by atoms with E-state index < -0.39 is 11.9 Å². The molecule has 8 heteroatoms. The van der Waals surface area contributed by atoms with Gasteiger partial charge in [-0.1, -0.05) is 30.3 Å². The maximum Gasteiger partial charge on any atom is 0.318 e. The summed E-state index contributed by atoms with van der Waals surface area (Å²) in [5.41, 5.74) is 8.00. The van der Waals surface area contributed by atoms with E-state index in [0.717, 1.165) is 16.7 Å². The van der Waals surface area contributed by atoms with Gasteiger partial charge in [0.15, 0.2) is 0 Å². The monoisotopic (exact) mass is 458 g/mol. The van der Waals surface area contributed by atoms with Gasteiger partial charge in [0.05, 0.1) is 0 Å². The van der Waals surface area contributed by atoms with Crippen LogP contribution in [0.2, 0.25) is 0 Å². The second kappa shape index (κ2) is 11.4. The van der Waals surface area contributed by atoms with E-state index in [0.29, 0.717) is 23.5 Å². The fraction of sp³-hybridized carbons (Fsp3) is 0.154. The van der Waals surface area contributed by atoms with E-state index in [1.807, 2.05) is 47.8 Å². The first-order valence-electron chi connectivity index (χ1n) is 10.6. The number of primary amides is 1. The molecule has 0 radical (unpaired) electrons. The Balaban J connectivity index is 1.68. The summed E-state index contributed by atoms with van der Waals surface area (Å²) in [5.74, 6) is 0.721. The Labute approximate surface area is 198 Å². The molecule has 1 aromatic heterocycles. The molecular weight excluding hydrogens is 432 g/mol. The Bertz CT molecular complexity index is 1170. The predicted molar refractivity (Wildman–Crippen MR) is 130 cm³/mol. The van der Waals surface area contributed by atoms with E-state index in [1.54, 1.807) is 50.8 Å². The van der Waals surface area contributed by atoms with Crippen LogP contribution < -0.4 is 15.8 Å². The van der Waals surface area contributed by atoms with Gasteiger partial charge < -0.3 is 15.4 Å². The van der Waals surface area contributed by atoms with Crippen LogP contribution in [-0.2, 0) is 16.0 Å². The quantitative estimate of drug-likeness (QED) is 0.500. The van der Waals surface area contributed by atoms with Crippen LogP contribution >= 0.6 is 0 Å². The van der Waals surface area contributed by atoms with Crippen LogP contribution in [0.25, 0.3) is 11.6 Å². The molecule has 0 bridgehead atoms. The van der Waals surface area contributed by atoms with Gasteiger partial charge in [-0.3, -0.25) is 19.9 Å². The van der Waals surface area contributed by atoms with Crippen molar-refractivity contribution in [2.45, 2.75) is 12.8 Å². The highest BCUT2D eigenvalue weighted by molar-refractivity contribution is 6.24. The third kappa shape index (κ3) is 7.03. The molecule has 0 saturated heterocycles. The lowest BCUT2D eigenvalue weighted by molar-refractivity contribution is -0.122. The number of hydrogen-bond donors (Lipinski definition) is 2. The number of carbonyl (C=O) groups excluding carboxylic acids is 3. The second-order valence-corrected chi connectivity index (χ2v) is 7.73. The molecular formula is C26H26N4O4. The maximum atomic E-state index is 12.8. The zero-order chi connectivity index (χ0) is 24.5. The van der Waals surface area contributed by atoms with Crippen molar-refractivity contribution in [1.82, 2.24) is 15.2 Å². The second-order valence-electron chi connectivity index (χ2n) is 7.73. The number of hydrogen-bond acceptors (Lipinski definition) is 5. The topological polar surface area (TPSA) is 115 Å². The highest BCUT2D eigenvalue weighted by atomic mass is 16.5. The summed E-state index contributed by atoms with van der Waals surface area (Å²) < 4.78 is 5.91. The molecule has 174 valence electrons. The standard InChI is InChI=1S/C26H26N4O4/c1-30(2)25(32)23(16-19-4-3-15-28-17-19)20-8-12-22(13-9-20)34-21-10-5-18(6-11-21)7-14-24(31)29-26(27)33/h3-6,8-13,15-17H,7,14H2,1-2H3,(H3,27,29,31,33)/b23-16+. The first-order valence-corrected chi connectivity index (χ1v) is 10.6. The summed E-state index contributed by atoms with van der Waals surface area (Å²) in [6.07, 6.45) is 5.83. The first-order chi connectivity index (χ1) is 16.3. The van der Waals surface area contributed by atoms with Crippen molar-refractivity contribution in [2.24, 2.45) is 5.73 Å². The fourth-order valence-corrected chi connectivity index (χ4v) is 3.16. The summed E-state index contributed by atoms with van der Waals surface area (Å²) >= 11 is 0. The molecule has 0 saturated carbocycles. The van der Waals surface area contributed by atoms with Gasteiger partial charge >= 0.3 is 6.03 Å². The number of amides is 4. The molecule has 0 atom stereocenters. The van der Waals surface area contributed by atoms with E-state index in [1.165, 1.54) is 4.90 Å². The Morgan fingerprint density at radius 1 is 1.00 bits per heavy atom. The van der Waals surface area contributed by atoms with Gasteiger partial charge in [0.1, 0.15) is 11.5 Å². The Hall–Kier alpha value is -4.46. The van der Waals surface area contributed by atoms with E-state index in [-0.39, 0.29) is 12.3 Å². The van der Waals surface area contributed by atoms with E-state index >= 15 is 0 Å². The lowest BCUT2D eigenvalue weighted by Crippen LogP contribution is -2.35. The number of nitrogens with zero attached hydrogens (tertiary/aromatic N) is 2. The van der Waals surface area contributed by atoms with Gasteiger partial charge in [-0.25, -0.2) is 4.79 Å². The highest BCUT2D eigenvalue weighted by Crippen LogP contribution is 2.26. The molecule has 0 aliphatic rings. The van der Waals surface area contributed by atoms with Crippen LogP contribution in [0.5, 0.6) is 11.5 Å². The smallest absolute Gasteiger partial charge is 0.318 e. The summed E-state index contributed by atoms with van der Waals surface area (Å²) in [4.78, 5) is 40.6. The predicted octanol–water partition coefficient (Wildman–Crippen LogP) is 3.63. The zero-order valence-corrected chi connectivity index (χ0v) is 19.0. The molecule has 4 amide bonds. The van der Waals surface area contributed by atoms with Crippen LogP contribution in [0, 0.1) is 0 Å². The van der Waals surface area contributed by atoms with Crippen LogP contribution in [0.1, 0.15) is 23.1 Å². The minimum atomic E-state index is -0.856. The average Bonchev–Trinajstić information content (AvgIpc) is 2.82. The van der Waals surface area contributed by atoms with Crippen molar-refractivity contribution in [1.29, 1.82) is 0 Å². The van der Waals surface area contributed by atoms with Crippen molar-refractivity contribution in [3.63, 3.8) is 0 Å². The number of carbonyl (C=O) groups is 3. The summed E-state index contributed by atoms with van der Waals surface area (Å²) in [7, 11) is 3.43. The number of rotatable bonds is 8. The van der Waals surface area contributed by atoms with Crippen LogP contribution in [0.4, 0.5) is 4.79 Å². The third-order valence-electron chi connectivity index (χ3n) is 4.86. The van der Waals surface area contributed by atoms with Gasteiger partial charge in [0, 0.05) is 38.5 Å². The summed E-state index contributed by atoms with van der Waals surface area (Å²) in [6.45, 7) is 0. The zero-order valence-electron chi connectivity index (χ0n) is 19.0. The molecule has 3 aromatic rings. The molecule has 0 fully saturated rings. The highest BCUT2D eigenvalue weighted by Gasteiger charge is 2.14. The normalized spacial score (nSPS) is 10.9. The van der Waals surface area contributed by atoms with Gasteiger partial charge in [-0.15, -0.1) is 0 Å². The van der Waals surface area contributed by atoms with Crippen LogP contribution in [0.15, 0.2) is 73.1 Å². The number of urea groups is 1. The number of aryl methyl sites for hydroxylation is 1. The van der Waals surface area contributed by atoms with E-state index in [4.69, 9.17) is 10.5 Å². The van der Waals surface area contributed by atoms with Crippen molar-refractivity contribution >= 4 is 29.5 Å². The van der Waals surface area contributed by atoms with Crippen molar-refractivity contribution in [3.05, 3.63) is 89.7 Å². The number of nitrogens with one attached hydrogen (secondary N) is 1.